The highest BCUT2D eigenvalue weighted by molar-refractivity contribution is 6.20. The average molecular weight is 372 g/mol. The first kappa shape index (κ1) is 18.5. The van der Waals surface area contributed by atoms with Crippen LogP contribution in [0.4, 0.5) is 10.5 Å². The van der Waals surface area contributed by atoms with Crippen LogP contribution in [0.15, 0.2) is 48.5 Å². The maximum absolute atomic E-state index is 13.2. The van der Waals surface area contributed by atoms with Gasteiger partial charge in [-0.05, 0) is 49.9 Å². The van der Waals surface area contributed by atoms with E-state index in [1.54, 1.807) is 20.8 Å². The summed E-state index contributed by atoms with van der Waals surface area (Å²) in [6.45, 7) is 5.35. The van der Waals surface area contributed by atoms with Gasteiger partial charge in [-0.15, -0.1) is 11.6 Å². The lowest BCUT2D eigenvalue weighted by Gasteiger charge is -2.24. The molecule has 1 atom stereocenters. The van der Waals surface area contributed by atoms with Crippen LogP contribution in [0.25, 0.3) is 0 Å². The van der Waals surface area contributed by atoms with Crippen LogP contribution in [-0.2, 0) is 16.0 Å². The van der Waals surface area contributed by atoms with Gasteiger partial charge in [-0.3, -0.25) is 4.79 Å². The van der Waals surface area contributed by atoms with Crippen molar-refractivity contribution in [1.29, 1.82) is 0 Å². The lowest BCUT2D eigenvalue weighted by molar-refractivity contribution is -0.118. The molecule has 26 heavy (non-hydrogen) atoms. The zero-order chi connectivity index (χ0) is 18.9. The molecule has 5 heteroatoms. The number of amides is 2. The molecule has 2 aromatic rings. The van der Waals surface area contributed by atoms with Crippen LogP contribution in [0.5, 0.6) is 0 Å². The summed E-state index contributed by atoms with van der Waals surface area (Å²) in [6.07, 6.45) is 0.0593. The molecule has 2 amide bonds. The average Bonchev–Trinajstić information content (AvgIpc) is 2.85. The van der Waals surface area contributed by atoms with E-state index in [4.69, 9.17) is 16.3 Å². The van der Waals surface area contributed by atoms with Crippen molar-refractivity contribution in [2.75, 3.05) is 10.8 Å². The Balaban J connectivity index is 2.08. The number of rotatable bonds is 3. The largest absolute Gasteiger partial charge is 0.443 e. The molecule has 0 aromatic heterocycles. The molecule has 0 saturated heterocycles. The monoisotopic (exact) mass is 371 g/mol. The second-order valence-electron chi connectivity index (χ2n) is 7.33. The maximum atomic E-state index is 13.2. The molecule has 0 bridgehead atoms. The van der Waals surface area contributed by atoms with Gasteiger partial charge in [0.05, 0.1) is 11.6 Å². The Kier molecular flexibility index (Phi) is 5.05. The molecule has 4 nitrogen and oxygen atoms in total. The number of aryl methyl sites for hydroxylation is 1. The first-order valence-electron chi connectivity index (χ1n) is 8.62. The number of halogens is 1. The summed E-state index contributed by atoms with van der Waals surface area (Å²) in [5, 5.41) is 0. The van der Waals surface area contributed by atoms with Gasteiger partial charge < -0.3 is 4.74 Å². The molecule has 0 N–H and O–H groups in total. The molecular weight excluding hydrogens is 350 g/mol. The number of alkyl halides is 1. The second-order valence-corrected chi connectivity index (χ2v) is 7.71. The van der Waals surface area contributed by atoms with Gasteiger partial charge in [-0.25, -0.2) is 9.69 Å². The number of fused-ring (bicyclic) bond motifs is 1. The third-order valence-corrected chi connectivity index (χ3v) is 4.39. The molecule has 0 aliphatic carbocycles. The third-order valence-electron chi connectivity index (χ3n) is 4.20. The van der Waals surface area contributed by atoms with Gasteiger partial charge in [-0.1, -0.05) is 42.5 Å². The number of hydrogen-bond acceptors (Lipinski definition) is 3. The summed E-state index contributed by atoms with van der Waals surface area (Å²) in [5.74, 6) is -0.309. The van der Waals surface area contributed by atoms with Crippen molar-refractivity contribution in [3.05, 3.63) is 65.2 Å². The lowest BCUT2D eigenvalue weighted by Crippen LogP contribution is -2.39. The Morgan fingerprint density at radius 2 is 1.85 bits per heavy atom. The fourth-order valence-electron chi connectivity index (χ4n) is 3.15. The molecule has 1 aliphatic rings. The van der Waals surface area contributed by atoms with Crippen molar-refractivity contribution in [2.24, 2.45) is 0 Å². The van der Waals surface area contributed by atoms with Crippen LogP contribution in [0.2, 0.25) is 0 Å². The van der Waals surface area contributed by atoms with Crippen LogP contribution in [0, 0.1) is 0 Å². The minimum atomic E-state index is -0.680. The molecule has 136 valence electrons. The fourth-order valence-corrected chi connectivity index (χ4v) is 3.37. The van der Waals surface area contributed by atoms with Crippen LogP contribution >= 0.6 is 11.6 Å². The van der Waals surface area contributed by atoms with E-state index < -0.39 is 17.6 Å². The minimum Gasteiger partial charge on any atom is -0.443 e. The number of anilines is 1. The first-order valence-corrected chi connectivity index (χ1v) is 9.16. The molecule has 0 radical (unpaired) electrons. The molecule has 3 rings (SSSR count). The van der Waals surface area contributed by atoms with Gasteiger partial charge in [0.2, 0.25) is 5.91 Å². The quantitative estimate of drug-likeness (QED) is 0.722. The number of nitrogens with zero attached hydrogens (tertiary/aromatic N) is 1. The van der Waals surface area contributed by atoms with Crippen molar-refractivity contribution in [3.63, 3.8) is 0 Å². The Labute approximate surface area is 158 Å². The highest BCUT2D eigenvalue weighted by Gasteiger charge is 2.43. The van der Waals surface area contributed by atoms with Crippen molar-refractivity contribution in [3.8, 4) is 0 Å². The Bertz CT molecular complexity index is 827. The number of ether oxygens (including phenoxy) is 1. The van der Waals surface area contributed by atoms with E-state index in [2.05, 4.69) is 0 Å². The van der Waals surface area contributed by atoms with E-state index in [1.165, 1.54) is 0 Å². The number of carbonyl (C=O) groups excluding carboxylic acids is 2. The van der Waals surface area contributed by atoms with Crippen molar-refractivity contribution < 1.29 is 14.3 Å². The SMILES string of the molecule is CC(C)(C)OC(=O)N1C(=O)C(c2ccccc2)c2cc(CCCl)ccc21. The van der Waals surface area contributed by atoms with Crippen LogP contribution in [-0.4, -0.2) is 23.5 Å². The highest BCUT2D eigenvalue weighted by Crippen LogP contribution is 2.42. The van der Waals surface area contributed by atoms with Gasteiger partial charge >= 0.3 is 6.09 Å². The maximum Gasteiger partial charge on any atom is 0.421 e. The van der Waals surface area contributed by atoms with E-state index >= 15 is 0 Å². The Morgan fingerprint density at radius 3 is 2.46 bits per heavy atom. The zero-order valence-electron chi connectivity index (χ0n) is 15.2. The van der Waals surface area contributed by atoms with Gasteiger partial charge in [0, 0.05) is 5.88 Å². The van der Waals surface area contributed by atoms with Crippen molar-refractivity contribution in [1.82, 2.24) is 0 Å². The summed E-state index contributed by atoms with van der Waals surface area (Å²) < 4.78 is 5.46. The van der Waals surface area contributed by atoms with E-state index in [9.17, 15) is 9.59 Å². The lowest BCUT2D eigenvalue weighted by atomic mass is 9.91. The fraction of sp³-hybridized carbons (Fsp3) is 0.333. The second kappa shape index (κ2) is 7.12. The summed E-state index contributed by atoms with van der Waals surface area (Å²) in [5.41, 5.74) is 2.61. The van der Waals surface area contributed by atoms with Crippen molar-refractivity contribution >= 4 is 29.3 Å². The van der Waals surface area contributed by atoms with Gasteiger partial charge in [-0.2, -0.15) is 0 Å². The topological polar surface area (TPSA) is 46.6 Å². The van der Waals surface area contributed by atoms with Crippen molar-refractivity contribution in [2.45, 2.75) is 38.7 Å². The number of hydrogen-bond donors (Lipinski definition) is 0. The molecule has 0 fully saturated rings. The normalized spacial score (nSPS) is 16.5. The van der Waals surface area contributed by atoms with Gasteiger partial charge in [0.25, 0.3) is 0 Å². The van der Waals surface area contributed by atoms with Crippen LogP contribution < -0.4 is 4.90 Å². The summed E-state index contributed by atoms with van der Waals surface area (Å²) >= 11 is 5.87. The molecular formula is C21H22ClNO3. The summed E-state index contributed by atoms with van der Waals surface area (Å²) in [7, 11) is 0. The van der Waals surface area contributed by atoms with Gasteiger partial charge in [0.15, 0.2) is 0 Å². The Morgan fingerprint density at radius 1 is 1.15 bits per heavy atom. The first-order chi connectivity index (χ1) is 12.3. The van der Waals surface area contributed by atoms with Gasteiger partial charge in [0.1, 0.15) is 5.60 Å². The molecule has 0 saturated carbocycles. The molecule has 1 aliphatic heterocycles. The zero-order valence-corrected chi connectivity index (χ0v) is 15.9. The highest BCUT2D eigenvalue weighted by atomic mass is 35.5. The van der Waals surface area contributed by atoms with E-state index in [0.29, 0.717) is 18.0 Å². The molecule has 1 unspecified atom stereocenters. The van der Waals surface area contributed by atoms with Crippen LogP contribution in [0.1, 0.15) is 43.4 Å². The summed E-state index contributed by atoms with van der Waals surface area (Å²) in [4.78, 5) is 27.0. The smallest absolute Gasteiger partial charge is 0.421 e. The number of benzene rings is 2. The van der Waals surface area contributed by atoms with E-state index in [-0.39, 0.29) is 5.91 Å². The molecule has 1 heterocycles. The predicted octanol–water partition coefficient (Wildman–Crippen LogP) is 4.88. The molecule has 2 aromatic carbocycles. The third kappa shape index (κ3) is 3.61. The van der Waals surface area contributed by atoms with Crippen LogP contribution in [0.3, 0.4) is 0 Å². The standard InChI is InChI=1S/C21H22ClNO3/c1-21(2,3)26-20(25)23-17-10-9-14(11-12-22)13-16(17)18(19(23)24)15-7-5-4-6-8-15/h4-10,13,18H,11-12H2,1-3H3. The predicted molar refractivity (Wildman–Crippen MR) is 103 cm³/mol. The number of carbonyl (C=O) groups is 2. The minimum absolute atomic E-state index is 0.288. The molecule has 0 spiro atoms. The number of imide groups is 1. The van der Waals surface area contributed by atoms with E-state index in [1.807, 2.05) is 48.5 Å². The Hall–Kier alpha value is -2.33. The van der Waals surface area contributed by atoms with E-state index in [0.717, 1.165) is 21.6 Å². The summed E-state index contributed by atoms with van der Waals surface area (Å²) in [6, 6.07) is 15.2.